The second kappa shape index (κ2) is 10.1. The molecule has 0 bridgehead atoms. The number of carbonyl (C=O) groups is 1. The van der Waals surface area contributed by atoms with Gasteiger partial charge < -0.3 is 10.5 Å². The zero-order valence-corrected chi connectivity index (χ0v) is 18.2. The maximum absolute atomic E-state index is 13.5. The quantitative estimate of drug-likeness (QED) is 0.375. The molecular formula is C21H20ClN5O6. The van der Waals surface area contributed by atoms with Gasteiger partial charge in [0.2, 0.25) is 0 Å². The van der Waals surface area contributed by atoms with E-state index < -0.39 is 27.8 Å². The number of methoxy groups -OCH3 is 1. The second-order valence-electron chi connectivity index (χ2n) is 6.94. The molecule has 0 aliphatic rings. The summed E-state index contributed by atoms with van der Waals surface area (Å²) in [5.41, 5.74) is 4.37. The third kappa shape index (κ3) is 5.10. The summed E-state index contributed by atoms with van der Waals surface area (Å²) in [4.78, 5) is 52.4. The van der Waals surface area contributed by atoms with E-state index in [1.54, 1.807) is 30.3 Å². The van der Waals surface area contributed by atoms with Crippen LogP contribution >= 0.6 is 11.6 Å². The Kier molecular flexibility index (Phi) is 7.26. The van der Waals surface area contributed by atoms with E-state index in [9.17, 15) is 24.5 Å². The lowest BCUT2D eigenvalue weighted by Crippen LogP contribution is -2.41. The van der Waals surface area contributed by atoms with Gasteiger partial charge in [0.15, 0.2) is 5.69 Å². The topological polar surface area (TPSA) is 154 Å². The molecule has 0 spiro atoms. The summed E-state index contributed by atoms with van der Waals surface area (Å²) in [5, 5.41) is 11.1. The van der Waals surface area contributed by atoms with Crippen LogP contribution < -0.4 is 21.9 Å². The van der Waals surface area contributed by atoms with Gasteiger partial charge in [0.05, 0.1) is 24.6 Å². The molecule has 2 aromatic carbocycles. The van der Waals surface area contributed by atoms with Crippen LogP contribution in [0.1, 0.15) is 15.9 Å². The van der Waals surface area contributed by atoms with Gasteiger partial charge in [0, 0.05) is 18.7 Å². The Balaban J connectivity index is 2.19. The van der Waals surface area contributed by atoms with Gasteiger partial charge in [-0.2, -0.15) is 0 Å². The highest BCUT2D eigenvalue weighted by molar-refractivity contribution is 6.32. The Labute approximate surface area is 192 Å². The number of benzene rings is 2. The molecule has 0 fully saturated rings. The van der Waals surface area contributed by atoms with Gasteiger partial charge in [0.1, 0.15) is 10.8 Å². The number of carbonyl (C=O) groups excluding carboxylic acids is 1. The number of aromatic amines is 1. The van der Waals surface area contributed by atoms with Gasteiger partial charge in [-0.1, -0.05) is 41.9 Å². The van der Waals surface area contributed by atoms with Gasteiger partial charge in [-0.3, -0.25) is 34.2 Å². The number of anilines is 2. The number of nitrogens with one attached hydrogen (secondary N) is 1. The van der Waals surface area contributed by atoms with Crippen molar-refractivity contribution in [3.05, 3.63) is 95.6 Å². The average molecular weight is 474 g/mol. The lowest BCUT2D eigenvalue weighted by molar-refractivity contribution is -0.384. The van der Waals surface area contributed by atoms with Crippen LogP contribution in [0.25, 0.3) is 0 Å². The number of halogens is 1. The van der Waals surface area contributed by atoms with E-state index in [2.05, 4.69) is 4.98 Å². The number of ether oxygens (including phenoxy) is 1. The second-order valence-corrected chi connectivity index (χ2v) is 7.34. The highest BCUT2D eigenvalue weighted by Gasteiger charge is 2.27. The standard InChI is InChI=1S/C21H20ClN5O6/c1-33-10-9-25-18(23)17(19(28)24-21(25)30)26(12-13-5-3-2-4-6-13)20(29)14-7-8-15(22)16(11-14)27(31)32/h2-8,11H,9-10,12,23H2,1H3,(H,24,28,30). The number of nitro benzene ring substituents is 1. The molecule has 1 aromatic heterocycles. The Morgan fingerprint density at radius 2 is 1.94 bits per heavy atom. The highest BCUT2D eigenvalue weighted by atomic mass is 35.5. The fraction of sp³-hybridized carbons (Fsp3) is 0.190. The van der Waals surface area contributed by atoms with Crippen LogP contribution in [0.2, 0.25) is 5.02 Å². The summed E-state index contributed by atoms with van der Waals surface area (Å²) in [6.07, 6.45) is 0. The minimum atomic E-state index is -0.876. The van der Waals surface area contributed by atoms with Crippen molar-refractivity contribution in [1.29, 1.82) is 0 Å². The van der Waals surface area contributed by atoms with Crippen LogP contribution in [0.5, 0.6) is 0 Å². The van der Waals surface area contributed by atoms with Gasteiger partial charge in [0.25, 0.3) is 17.2 Å². The molecule has 3 N–H and O–H groups in total. The minimum absolute atomic E-state index is 0.0325. The molecule has 0 aliphatic carbocycles. The number of nitro groups is 1. The Morgan fingerprint density at radius 1 is 1.24 bits per heavy atom. The first-order valence-corrected chi connectivity index (χ1v) is 10.0. The van der Waals surface area contributed by atoms with Crippen LogP contribution in [-0.2, 0) is 17.8 Å². The number of H-pyrrole nitrogens is 1. The molecular weight excluding hydrogens is 454 g/mol. The Morgan fingerprint density at radius 3 is 2.58 bits per heavy atom. The first-order valence-electron chi connectivity index (χ1n) is 9.65. The van der Waals surface area contributed by atoms with Crippen LogP contribution in [0.15, 0.2) is 58.1 Å². The first-order chi connectivity index (χ1) is 15.7. The summed E-state index contributed by atoms with van der Waals surface area (Å²) in [5.74, 6) is -0.985. The monoisotopic (exact) mass is 473 g/mol. The molecule has 11 nitrogen and oxygen atoms in total. The van der Waals surface area contributed by atoms with Crippen molar-refractivity contribution in [3.8, 4) is 0 Å². The van der Waals surface area contributed by atoms with E-state index in [0.29, 0.717) is 5.56 Å². The Bertz CT molecular complexity index is 1300. The van der Waals surface area contributed by atoms with Crippen molar-refractivity contribution in [2.75, 3.05) is 24.4 Å². The van der Waals surface area contributed by atoms with Crippen LogP contribution in [0.3, 0.4) is 0 Å². The molecule has 3 rings (SSSR count). The van der Waals surface area contributed by atoms with Gasteiger partial charge in [-0.15, -0.1) is 0 Å². The molecule has 0 aliphatic heterocycles. The van der Waals surface area contributed by atoms with E-state index in [1.165, 1.54) is 19.2 Å². The van der Waals surface area contributed by atoms with Crippen molar-refractivity contribution >= 4 is 34.7 Å². The smallest absolute Gasteiger partial charge is 0.330 e. The molecule has 3 aromatic rings. The van der Waals surface area contributed by atoms with E-state index in [4.69, 9.17) is 22.1 Å². The number of amides is 1. The molecule has 0 unspecified atom stereocenters. The SMILES string of the molecule is COCCn1c(N)c(N(Cc2ccccc2)C(=O)c2ccc(Cl)c([N+](=O)[O-])c2)c(=O)[nH]c1=O. The van der Waals surface area contributed by atoms with E-state index in [1.807, 2.05) is 0 Å². The van der Waals surface area contributed by atoms with Crippen LogP contribution in [0, 0.1) is 10.1 Å². The number of rotatable bonds is 8. The normalized spacial score (nSPS) is 10.7. The molecule has 0 radical (unpaired) electrons. The largest absolute Gasteiger partial charge is 0.383 e. The molecule has 1 heterocycles. The van der Waals surface area contributed by atoms with Crippen molar-refractivity contribution in [1.82, 2.24) is 9.55 Å². The van der Waals surface area contributed by atoms with Crippen molar-refractivity contribution in [2.45, 2.75) is 13.1 Å². The van der Waals surface area contributed by atoms with E-state index >= 15 is 0 Å². The summed E-state index contributed by atoms with van der Waals surface area (Å²) < 4.78 is 6.06. The number of nitrogens with zero attached hydrogens (tertiary/aromatic N) is 3. The number of nitrogens with two attached hydrogens (primary N) is 1. The molecule has 33 heavy (non-hydrogen) atoms. The number of nitrogen functional groups attached to an aromatic ring is 1. The molecule has 0 saturated carbocycles. The summed E-state index contributed by atoms with van der Waals surface area (Å²) >= 11 is 5.87. The molecule has 12 heteroatoms. The maximum atomic E-state index is 13.5. The van der Waals surface area contributed by atoms with E-state index in [0.717, 1.165) is 15.5 Å². The maximum Gasteiger partial charge on any atom is 0.330 e. The van der Waals surface area contributed by atoms with Crippen LogP contribution in [0.4, 0.5) is 17.2 Å². The van der Waals surface area contributed by atoms with Crippen LogP contribution in [-0.4, -0.2) is 34.1 Å². The Hall–Kier alpha value is -3.96. The van der Waals surface area contributed by atoms with Gasteiger partial charge >= 0.3 is 5.69 Å². The third-order valence-corrected chi connectivity index (χ3v) is 5.14. The summed E-state index contributed by atoms with van der Waals surface area (Å²) in [6.45, 7) is 0.0716. The first kappa shape index (κ1) is 23.7. The third-order valence-electron chi connectivity index (χ3n) is 4.82. The highest BCUT2D eigenvalue weighted by Crippen LogP contribution is 2.28. The summed E-state index contributed by atoms with van der Waals surface area (Å²) in [6, 6.07) is 12.3. The summed E-state index contributed by atoms with van der Waals surface area (Å²) in [7, 11) is 1.44. The van der Waals surface area contributed by atoms with Crippen molar-refractivity contribution < 1.29 is 14.5 Å². The predicted octanol–water partition coefficient (Wildman–Crippen LogP) is 2.17. The molecule has 0 atom stereocenters. The predicted molar refractivity (Wildman–Crippen MR) is 123 cm³/mol. The fourth-order valence-electron chi connectivity index (χ4n) is 3.20. The molecule has 1 amide bonds. The zero-order chi connectivity index (χ0) is 24.1. The fourth-order valence-corrected chi connectivity index (χ4v) is 3.39. The number of aromatic nitrogens is 2. The minimum Gasteiger partial charge on any atom is -0.383 e. The number of hydrogen-bond acceptors (Lipinski definition) is 7. The van der Waals surface area contributed by atoms with Gasteiger partial charge in [-0.25, -0.2) is 4.79 Å². The lowest BCUT2D eigenvalue weighted by Gasteiger charge is -2.25. The van der Waals surface area contributed by atoms with Crippen molar-refractivity contribution in [3.63, 3.8) is 0 Å². The molecule has 0 saturated heterocycles. The zero-order valence-electron chi connectivity index (χ0n) is 17.5. The van der Waals surface area contributed by atoms with Crippen molar-refractivity contribution in [2.24, 2.45) is 0 Å². The lowest BCUT2D eigenvalue weighted by atomic mass is 10.1. The number of hydrogen-bond donors (Lipinski definition) is 2. The van der Waals surface area contributed by atoms with Gasteiger partial charge in [-0.05, 0) is 17.7 Å². The average Bonchev–Trinajstić information content (AvgIpc) is 2.78. The molecule has 172 valence electrons. The van der Waals surface area contributed by atoms with E-state index in [-0.39, 0.29) is 41.8 Å².